The van der Waals surface area contributed by atoms with Gasteiger partial charge in [-0.1, -0.05) is 56.3 Å². The van der Waals surface area contributed by atoms with E-state index < -0.39 is 0 Å². The number of fused-ring (bicyclic) bond motifs is 2. The molecule has 3 heteroatoms. The van der Waals surface area contributed by atoms with Gasteiger partial charge in [-0.25, -0.2) is 0 Å². The maximum Gasteiger partial charge on any atom is 0.115 e. The Bertz CT molecular complexity index is 777. The number of aromatic hydroxyl groups is 1. The zero-order valence-corrected chi connectivity index (χ0v) is 16.5. The highest BCUT2D eigenvalue weighted by atomic mass is 16.3. The molecule has 1 heterocycles. The molecular weight excluding hydrogens is 332 g/mol. The predicted octanol–water partition coefficient (Wildman–Crippen LogP) is 4.61. The van der Waals surface area contributed by atoms with E-state index >= 15 is 0 Å². The molecular formula is C24H32N2O. The molecule has 2 bridgehead atoms. The molecule has 1 aliphatic carbocycles. The fraction of sp³-hybridized carbons (Fsp3) is 0.500. The molecule has 3 nitrogen and oxygen atoms in total. The zero-order valence-electron chi connectivity index (χ0n) is 16.5. The summed E-state index contributed by atoms with van der Waals surface area (Å²) in [6.07, 6.45) is 4.33. The Balaban J connectivity index is 1.69. The minimum atomic E-state index is 0.0759. The van der Waals surface area contributed by atoms with Gasteiger partial charge in [0.25, 0.3) is 0 Å². The van der Waals surface area contributed by atoms with Crippen molar-refractivity contribution in [1.82, 2.24) is 4.90 Å². The summed E-state index contributed by atoms with van der Waals surface area (Å²) in [7, 11) is 0. The Kier molecular flexibility index (Phi) is 5.00. The van der Waals surface area contributed by atoms with Crippen LogP contribution in [0.25, 0.3) is 0 Å². The zero-order chi connectivity index (χ0) is 19.0. The molecule has 27 heavy (non-hydrogen) atoms. The third-order valence-corrected chi connectivity index (χ3v) is 7.09. The van der Waals surface area contributed by atoms with Crippen molar-refractivity contribution in [2.45, 2.75) is 63.1 Å². The van der Waals surface area contributed by atoms with Crippen LogP contribution in [-0.2, 0) is 5.41 Å². The molecule has 4 rings (SSSR count). The molecule has 1 aliphatic heterocycles. The lowest BCUT2D eigenvalue weighted by molar-refractivity contribution is -0.0245. The first kappa shape index (κ1) is 18.5. The quantitative estimate of drug-likeness (QED) is 0.833. The molecule has 2 aliphatic rings. The van der Waals surface area contributed by atoms with Gasteiger partial charge >= 0.3 is 0 Å². The first-order valence-corrected chi connectivity index (χ1v) is 10.4. The van der Waals surface area contributed by atoms with Gasteiger partial charge in [-0.05, 0) is 54.9 Å². The largest absolute Gasteiger partial charge is 0.508 e. The smallest absolute Gasteiger partial charge is 0.115 e. The van der Waals surface area contributed by atoms with Crippen molar-refractivity contribution < 1.29 is 5.11 Å². The van der Waals surface area contributed by atoms with Crippen LogP contribution >= 0.6 is 0 Å². The Labute approximate surface area is 163 Å². The van der Waals surface area contributed by atoms with E-state index in [4.69, 9.17) is 5.73 Å². The lowest BCUT2D eigenvalue weighted by Crippen LogP contribution is -2.61. The van der Waals surface area contributed by atoms with E-state index in [9.17, 15) is 5.11 Å². The second kappa shape index (κ2) is 7.29. The first-order valence-electron chi connectivity index (χ1n) is 10.4. The van der Waals surface area contributed by atoms with Gasteiger partial charge < -0.3 is 10.8 Å². The van der Waals surface area contributed by atoms with Crippen LogP contribution in [0.1, 0.15) is 56.7 Å². The van der Waals surface area contributed by atoms with Gasteiger partial charge in [0.05, 0.1) is 0 Å². The number of nitrogens with two attached hydrogens (primary N) is 1. The molecule has 2 aromatic rings. The van der Waals surface area contributed by atoms with Crippen LogP contribution in [0.5, 0.6) is 5.75 Å². The van der Waals surface area contributed by atoms with E-state index in [1.807, 2.05) is 12.1 Å². The summed E-state index contributed by atoms with van der Waals surface area (Å²) in [4.78, 5) is 2.72. The molecule has 5 atom stereocenters. The van der Waals surface area contributed by atoms with Crippen LogP contribution in [-0.4, -0.2) is 28.6 Å². The average Bonchev–Trinajstić information content (AvgIpc) is 2.67. The van der Waals surface area contributed by atoms with Crippen LogP contribution in [0.2, 0.25) is 0 Å². The van der Waals surface area contributed by atoms with Crippen molar-refractivity contribution in [2.75, 3.05) is 6.54 Å². The molecule has 2 aromatic carbocycles. The summed E-state index contributed by atoms with van der Waals surface area (Å²) in [5.74, 6) is 0.864. The number of likely N-dealkylation sites (tertiary alicyclic amines) is 1. The molecule has 1 saturated heterocycles. The highest BCUT2D eigenvalue weighted by Gasteiger charge is 2.51. The summed E-state index contributed by atoms with van der Waals surface area (Å²) in [5, 5.41) is 10.1. The SMILES string of the molecule is CCC(c1ccccc1)N1C[C@@H](C)C2(c3cccc(O)c3)CC1C[C@H](N)C2. The van der Waals surface area contributed by atoms with E-state index in [1.54, 1.807) is 6.07 Å². The summed E-state index contributed by atoms with van der Waals surface area (Å²) >= 11 is 0. The Hall–Kier alpha value is -1.84. The molecule has 144 valence electrons. The number of benzene rings is 2. The second-order valence-corrected chi connectivity index (χ2v) is 8.70. The fourth-order valence-electron chi connectivity index (χ4n) is 5.84. The van der Waals surface area contributed by atoms with Crippen molar-refractivity contribution in [3.63, 3.8) is 0 Å². The van der Waals surface area contributed by atoms with Gasteiger partial charge in [0.1, 0.15) is 5.75 Å². The average molecular weight is 365 g/mol. The monoisotopic (exact) mass is 364 g/mol. The summed E-state index contributed by atoms with van der Waals surface area (Å²) < 4.78 is 0. The van der Waals surface area contributed by atoms with Gasteiger partial charge in [-0.15, -0.1) is 0 Å². The van der Waals surface area contributed by atoms with Crippen LogP contribution in [0, 0.1) is 5.92 Å². The minimum Gasteiger partial charge on any atom is -0.508 e. The predicted molar refractivity (Wildman–Crippen MR) is 111 cm³/mol. The Morgan fingerprint density at radius 1 is 1.15 bits per heavy atom. The van der Waals surface area contributed by atoms with Crippen LogP contribution < -0.4 is 5.73 Å². The van der Waals surface area contributed by atoms with Crippen molar-refractivity contribution in [1.29, 1.82) is 0 Å². The molecule has 3 N–H and O–H groups in total. The first-order chi connectivity index (χ1) is 13.0. The normalized spacial score (nSPS) is 32.2. The molecule has 0 spiro atoms. The van der Waals surface area contributed by atoms with Crippen molar-refractivity contribution in [2.24, 2.45) is 11.7 Å². The third kappa shape index (κ3) is 3.28. The van der Waals surface area contributed by atoms with E-state index in [0.717, 1.165) is 32.2 Å². The Morgan fingerprint density at radius 3 is 2.63 bits per heavy atom. The topological polar surface area (TPSA) is 49.5 Å². The molecule has 0 radical (unpaired) electrons. The lowest BCUT2D eigenvalue weighted by atomic mass is 9.57. The van der Waals surface area contributed by atoms with Gasteiger partial charge in [-0.2, -0.15) is 0 Å². The maximum absolute atomic E-state index is 10.1. The van der Waals surface area contributed by atoms with E-state index in [0.29, 0.717) is 23.8 Å². The van der Waals surface area contributed by atoms with E-state index in [-0.39, 0.29) is 11.5 Å². The van der Waals surface area contributed by atoms with Crippen LogP contribution in [0.4, 0.5) is 0 Å². The number of rotatable bonds is 4. The standard InChI is InChI=1S/C24H32N2O/c1-3-23(18-8-5-4-6-9-18)26-16-17(2)24(14-20(25)13-21(26)15-24)19-10-7-11-22(27)12-19/h4-12,17,20-21,23,27H,3,13-16,25H2,1-2H3/t17-,20+,21?,23?,24?/m1/s1. The molecule has 1 saturated carbocycles. The highest BCUT2D eigenvalue weighted by molar-refractivity contribution is 5.36. The van der Waals surface area contributed by atoms with Gasteiger partial charge in [0.2, 0.25) is 0 Å². The molecule has 0 amide bonds. The van der Waals surface area contributed by atoms with Crippen molar-refractivity contribution in [3.8, 4) is 5.75 Å². The minimum absolute atomic E-state index is 0.0759. The summed E-state index contributed by atoms with van der Waals surface area (Å²) in [6.45, 7) is 5.76. The number of phenols is 1. The van der Waals surface area contributed by atoms with Gasteiger partial charge in [0.15, 0.2) is 0 Å². The lowest BCUT2D eigenvalue weighted by Gasteiger charge is -2.57. The number of phenolic OH excluding ortho intramolecular Hbond substituents is 1. The van der Waals surface area contributed by atoms with Gasteiger partial charge in [0, 0.05) is 30.1 Å². The third-order valence-electron chi connectivity index (χ3n) is 7.09. The van der Waals surface area contributed by atoms with Crippen molar-refractivity contribution in [3.05, 3.63) is 65.7 Å². The number of hydrogen-bond acceptors (Lipinski definition) is 3. The number of piperidine rings is 1. The van der Waals surface area contributed by atoms with Gasteiger partial charge in [-0.3, -0.25) is 4.90 Å². The Morgan fingerprint density at radius 2 is 1.93 bits per heavy atom. The fourth-order valence-corrected chi connectivity index (χ4v) is 5.84. The molecule has 2 fully saturated rings. The highest BCUT2D eigenvalue weighted by Crippen LogP contribution is 2.52. The number of nitrogens with zero attached hydrogens (tertiary/aromatic N) is 1. The van der Waals surface area contributed by atoms with Crippen molar-refractivity contribution >= 4 is 0 Å². The summed E-state index contributed by atoms with van der Waals surface area (Å²) in [5.41, 5.74) is 9.36. The second-order valence-electron chi connectivity index (χ2n) is 8.70. The molecule has 0 aromatic heterocycles. The van der Waals surface area contributed by atoms with E-state index in [2.05, 4.69) is 55.1 Å². The number of hydrogen-bond donors (Lipinski definition) is 2. The van der Waals surface area contributed by atoms with E-state index in [1.165, 1.54) is 11.1 Å². The summed E-state index contributed by atoms with van der Waals surface area (Å²) in [6, 6.07) is 20.0. The van der Waals surface area contributed by atoms with Crippen LogP contribution in [0.3, 0.4) is 0 Å². The van der Waals surface area contributed by atoms with Crippen LogP contribution in [0.15, 0.2) is 54.6 Å². The molecule has 3 unspecified atom stereocenters. The maximum atomic E-state index is 10.1.